The highest BCUT2D eigenvalue weighted by atomic mass is 31.2. The summed E-state index contributed by atoms with van der Waals surface area (Å²) in [4.78, 5) is 32.5. The number of carboxylic acid groups (broad SMARTS) is 1. The van der Waals surface area contributed by atoms with Crippen LogP contribution in [0.5, 0.6) is 0 Å². The average molecular weight is 249 g/mol. The lowest BCUT2D eigenvalue weighted by atomic mass is 11.7. The van der Waals surface area contributed by atoms with Gasteiger partial charge in [-0.05, 0) is 0 Å². The fourth-order valence-electron chi connectivity index (χ4n) is 0. The first-order valence-corrected chi connectivity index (χ1v) is 2.71. The number of rotatable bonds is 0. The zero-order valence-electron chi connectivity index (χ0n) is 8.01. The minimum absolute atomic E-state index is 0. The molecule has 98 valence electrons. The Morgan fingerprint density at radius 2 is 1.00 bits per heavy atom. The van der Waals surface area contributed by atoms with Crippen LogP contribution in [0.15, 0.2) is 0 Å². The molecule has 19 N–H and O–H groups in total. The topological polar surface area (TPSA) is 328 Å². The van der Waals surface area contributed by atoms with Crippen LogP contribution >= 0.6 is 7.82 Å². The Hall–Kier alpha value is -0.660. The summed E-state index contributed by atoms with van der Waals surface area (Å²) in [6, 6.07) is 0. The van der Waals surface area contributed by atoms with E-state index in [4.69, 9.17) is 29.1 Å². The maximum Gasteiger partial charge on any atom is 0.0557 e. The summed E-state index contributed by atoms with van der Waals surface area (Å²) < 4.78 is 8.66. The van der Waals surface area contributed by atoms with Gasteiger partial charge in [-0.3, -0.25) is 0 Å². The fraction of sp³-hybridized carbons (Fsp3) is 0. The second-order valence-corrected chi connectivity index (χ2v) is 1.50. The van der Waals surface area contributed by atoms with Gasteiger partial charge in [0.05, 0.1) is 7.82 Å². The molecule has 0 aliphatic heterocycles. The number of carbonyl (C=O) groups excluding carboxylic acids is 1. The van der Waals surface area contributed by atoms with Crippen molar-refractivity contribution in [2.75, 3.05) is 0 Å². The van der Waals surface area contributed by atoms with Crippen LogP contribution in [-0.4, -0.2) is 27.8 Å². The summed E-state index contributed by atoms with van der Waals surface area (Å²) in [5, 5.41) is 8.25. The van der Waals surface area contributed by atoms with Gasteiger partial charge in [-0.2, -0.15) is 0 Å². The third-order valence-electron chi connectivity index (χ3n) is 0. The molecule has 0 aromatic carbocycles. The lowest BCUT2D eigenvalue weighted by Crippen LogP contribution is -2.11. The monoisotopic (exact) mass is 249 g/mol. The van der Waals surface area contributed by atoms with Crippen molar-refractivity contribution in [1.29, 1.82) is 0 Å². The first-order chi connectivity index (χ1) is 3.41. The number of phosphoric acid groups is 1. The van der Waals surface area contributed by atoms with Gasteiger partial charge in [0.25, 0.3) is 0 Å². The standard InChI is InChI=1S/CH2O2.3H3N.H3O4P.3H2O/c2-1-3;;;;1-5(2,3)4;;;/h1H,(H,2,3);3*1H3;(H3,1,2,3,4);3*1H2. The van der Waals surface area contributed by atoms with E-state index < -0.39 is 14.3 Å². The number of hydrogen-bond donors (Lipinski definition) is 4. The van der Waals surface area contributed by atoms with Crippen molar-refractivity contribution in [3.63, 3.8) is 0 Å². The second kappa shape index (κ2) is 39.5. The van der Waals surface area contributed by atoms with Gasteiger partial charge in [0.1, 0.15) is 0 Å². The van der Waals surface area contributed by atoms with Crippen LogP contribution in [0.1, 0.15) is 0 Å². The first-order valence-electron chi connectivity index (χ1n) is 1.22. The molecule has 0 atom stereocenters. The van der Waals surface area contributed by atoms with E-state index >= 15 is 0 Å². The van der Waals surface area contributed by atoms with Crippen LogP contribution in [0.25, 0.3) is 0 Å². The van der Waals surface area contributed by atoms with E-state index in [-0.39, 0.29) is 34.9 Å². The van der Waals surface area contributed by atoms with Gasteiger partial charge in [0.2, 0.25) is 0 Å². The molecule has 0 saturated carbocycles. The van der Waals surface area contributed by atoms with E-state index in [0.717, 1.165) is 0 Å². The lowest BCUT2D eigenvalue weighted by molar-refractivity contribution is -0.337. The Labute approximate surface area is 79.5 Å². The van der Waals surface area contributed by atoms with Crippen molar-refractivity contribution in [2.45, 2.75) is 0 Å². The van der Waals surface area contributed by atoms with Crippen molar-refractivity contribution >= 4 is 14.3 Å². The molecule has 0 heterocycles. The summed E-state index contributed by atoms with van der Waals surface area (Å²) in [6.45, 7) is -0.500. The van der Waals surface area contributed by atoms with Crippen molar-refractivity contribution in [1.82, 2.24) is 18.5 Å². The third kappa shape index (κ3) is 2780. The molecule has 0 fully saturated rings. The molecule has 0 aromatic rings. The van der Waals surface area contributed by atoms with Crippen molar-refractivity contribution < 1.29 is 45.6 Å². The Morgan fingerprint density at radius 1 is 1.00 bits per heavy atom. The van der Waals surface area contributed by atoms with E-state index in [2.05, 4.69) is 0 Å². The Bertz CT molecular complexity index is 94.0. The van der Waals surface area contributed by atoms with Gasteiger partial charge < -0.3 is 64.0 Å². The smallest absolute Gasteiger partial charge is 0.0557 e. The Balaban J connectivity index is -0.00000000626. The molecule has 0 rings (SSSR count). The quantitative estimate of drug-likeness (QED) is 0.239. The zero-order valence-corrected chi connectivity index (χ0v) is 8.91. The number of quaternary nitrogens is 3. The molecule has 13 heteroatoms. The molecule has 0 radical (unpaired) electrons. The summed E-state index contributed by atoms with van der Waals surface area (Å²) >= 11 is 0. The predicted molar refractivity (Wildman–Crippen MR) is 44.7 cm³/mol. The van der Waals surface area contributed by atoms with Gasteiger partial charge in [-0.15, -0.1) is 0 Å². The van der Waals surface area contributed by atoms with E-state index in [1.807, 2.05) is 0 Å². The number of hydrogen-bond acceptors (Lipinski definition) is 5. The average Bonchev–Trinajstić information content (AvgIpc) is 1.27. The zero-order chi connectivity index (χ0) is 7.21. The molecular formula is CH20N3O9P. The summed E-state index contributed by atoms with van der Waals surface area (Å²) in [5.41, 5.74) is 0. The molecule has 0 amide bonds. The molecule has 12 nitrogen and oxygen atoms in total. The van der Waals surface area contributed by atoms with Crippen LogP contribution < -0.4 is 33.3 Å². The van der Waals surface area contributed by atoms with Gasteiger partial charge in [-0.25, -0.2) is 0 Å². The lowest BCUT2D eigenvalue weighted by Gasteiger charge is -2.19. The van der Waals surface area contributed by atoms with Crippen LogP contribution in [0.2, 0.25) is 0 Å². The van der Waals surface area contributed by atoms with Crippen LogP contribution in [-0.2, 0) is 9.36 Å². The minimum atomic E-state index is -5.14. The molecule has 0 aliphatic rings. The van der Waals surface area contributed by atoms with Crippen LogP contribution in [0, 0.1) is 0 Å². The number of carbonyl (C=O) groups is 1. The van der Waals surface area contributed by atoms with Crippen LogP contribution in [0.4, 0.5) is 0 Å². The van der Waals surface area contributed by atoms with E-state index in [1.165, 1.54) is 0 Å². The highest BCUT2D eigenvalue weighted by Crippen LogP contribution is 2.11. The van der Waals surface area contributed by atoms with Crippen molar-refractivity contribution in [3.05, 3.63) is 0 Å². The SMILES string of the molecule is O.O.O.O=C[O-].O=P([O-])([O-])O.[NH4+].[NH4+].[NH4+]. The molecule has 0 saturated heterocycles. The Kier molecular flexibility index (Phi) is 201. The van der Waals surface area contributed by atoms with E-state index in [9.17, 15) is 0 Å². The van der Waals surface area contributed by atoms with E-state index in [0.29, 0.717) is 0 Å². The van der Waals surface area contributed by atoms with Crippen LogP contribution in [0.3, 0.4) is 0 Å². The van der Waals surface area contributed by atoms with Gasteiger partial charge in [0, 0.05) is 6.47 Å². The molecule has 0 bridgehead atoms. The summed E-state index contributed by atoms with van der Waals surface area (Å²) in [5.74, 6) is 0. The highest BCUT2D eigenvalue weighted by molar-refractivity contribution is 7.42. The minimum Gasteiger partial charge on any atom is -0.790 e. The van der Waals surface area contributed by atoms with Gasteiger partial charge >= 0.3 is 0 Å². The normalized spacial score (nSPS) is 5.07. The first kappa shape index (κ1) is 71.2. The molecular weight excluding hydrogens is 229 g/mol. The van der Waals surface area contributed by atoms with Gasteiger partial charge in [-0.1, -0.05) is 0 Å². The maximum absolute atomic E-state index is 8.66. The molecule has 0 spiro atoms. The fourth-order valence-corrected chi connectivity index (χ4v) is 0. The van der Waals surface area contributed by atoms with E-state index in [1.54, 1.807) is 0 Å². The maximum atomic E-state index is 8.66. The summed E-state index contributed by atoms with van der Waals surface area (Å²) in [6.07, 6.45) is 0. The van der Waals surface area contributed by atoms with Crippen molar-refractivity contribution in [2.24, 2.45) is 0 Å². The summed E-state index contributed by atoms with van der Waals surface area (Å²) in [7, 11) is -5.14. The van der Waals surface area contributed by atoms with Gasteiger partial charge in [0.15, 0.2) is 0 Å². The highest BCUT2D eigenvalue weighted by Gasteiger charge is 1.64. The molecule has 0 aromatic heterocycles. The second-order valence-electron chi connectivity index (χ2n) is 0.565. The predicted octanol–water partition coefficient (Wildman–Crippen LogP) is -5.17. The molecule has 14 heavy (non-hydrogen) atoms. The largest absolute Gasteiger partial charge is 0.790 e. The third-order valence-corrected chi connectivity index (χ3v) is 0. The molecule has 0 aliphatic carbocycles. The molecule has 0 unspecified atom stereocenters. The Morgan fingerprint density at radius 3 is 1.00 bits per heavy atom. The van der Waals surface area contributed by atoms with Crippen molar-refractivity contribution in [3.8, 4) is 0 Å².